The van der Waals surface area contributed by atoms with E-state index in [1.54, 1.807) is 6.07 Å². The lowest BCUT2D eigenvalue weighted by atomic mass is 10.1. The molecule has 2 rings (SSSR count). The molecular formula is C13H20FN3. The SMILES string of the molecule is CC1CN(c2c(F)cccc2CN)CCN1C. The van der Waals surface area contributed by atoms with E-state index in [9.17, 15) is 4.39 Å². The molecule has 0 radical (unpaired) electrons. The number of hydrogen-bond donors (Lipinski definition) is 1. The molecule has 0 saturated carbocycles. The number of benzene rings is 1. The highest BCUT2D eigenvalue weighted by molar-refractivity contribution is 5.55. The fourth-order valence-corrected chi connectivity index (χ4v) is 2.33. The van der Waals surface area contributed by atoms with Crippen molar-refractivity contribution in [2.45, 2.75) is 19.5 Å². The molecule has 3 nitrogen and oxygen atoms in total. The van der Waals surface area contributed by atoms with Crippen LogP contribution in [0.1, 0.15) is 12.5 Å². The maximum atomic E-state index is 13.9. The molecule has 1 aromatic rings. The van der Waals surface area contributed by atoms with Crippen molar-refractivity contribution in [3.8, 4) is 0 Å². The van der Waals surface area contributed by atoms with Crippen LogP contribution in [-0.2, 0) is 6.54 Å². The van der Waals surface area contributed by atoms with E-state index in [-0.39, 0.29) is 5.82 Å². The molecule has 1 aromatic carbocycles. The number of hydrogen-bond acceptors (Lipinski definition) is 3. The third kappa shape index (κ3) is 2.42. The van der Waals surface area contributed by atoms with Crippen LogP contribution in [0.15, 0.2) is 18.2 Å². The van der Waals surface area contributed by atoms with E-state index < -0.39 is 0 Å². The van der Waals surface area contributed by atoms with Crippen LogP contribution in [0.4, 0.5) is 10.1 Å². The fourth-order valence-electron chi connectivity index (χ4n) is 2.33. The summed E-state index contributed by atoms with van der Waals surface area (Å²) in [6, 6.07) is 5.58. The Hall–Kier alpha value is -1.13. The lowest BCUT2D eigenvalue weighted by Crippen LogP contribution is -2.50. The molecule has 1 fully saturated rings. The van der Waals surface area contributed by atoms with Crippen LogP contribution in [-0.4, -0.2) is 37.6 Å². The molecule has 0 bridgehead atoms. The van der Waals surface area contributed by atoms with Gasteiger partial charge in [-0.05, 0) is 25.6 Å². The molecule has 94 valence electrons. The molecule has 1 aliphatic rings. The Bertz CT molecular complexity index is 394. The van der Waals surface area contributed by atoms with Gasteiger partial charge in [-0.2, -0.15) is 0 Å². The highest BCUT2D eigenvalue weighted by atomic mass is 19.1. The predicted octanol–water partition coefficient (Wildman–Crippen LogP) is 1.42. The minimum absolute atomic E-state index is 0.162. The number of para-hydroxylation sites is 1. The highest BCUT2D eigenvalue weighted by Gasteiger charge is 2.24. The minimum atomic E-state index is -0.162. The maximum Gasteiger partial charge on any atom is 0.146 e. The Kier molecular flexibility index (Phi) is 3.64. The summed E-state index contributed by atoms with van der Waals surface area (Å²) in [5.74, 6) is -0.162. The van der Waals surface area contributed by atoms with E-state index in [0.29, 0.717) is 18.3 Å². The highest BCUT2D eigenvalue weighted by Crippen LogP contribution is 2.26. The van der Waals surface area contributed by atoms with Crippen LogP contribution in [0.2, 0.25) is 0 Å². The molecule has 1 aliphatic heterocycles. The second kappa shape index (κ2) is 5.02. The number of likely N-dealkylation sites (N-methyl/N-ethyl adjacent to an activating group) is 1. The molecule has 2 N–H and O–H groups in total. The summed E-state index contributed by atoms with van der Waals surface area (Å²) in [5.41, 5.74) is 7.26. The molecule has 0 aromatic heterocycles. The minimum Gasteiger partial charge on any atom is -0.366 e. The quantitative estimate of drug-likeness (QED) is 0.844. The largest absolute Gasteiger partial charge is 0.366 e. The number of nitrogens with two attached hydrogens (primary N) is 1. The van der Waals surface area contributed by atoms with Crippen LogP contribution in [0.3, 0.4) is 0 Å². The second-order valence-electron chi connectivity index (χ2n) is 4.73. The third-order valence-corrected chi connectivity index (χ3v) is 3.57. The van der Waals surface area contributed by atoms with Crippen molar-refractivity contribution in [3.63, 3.8) is 0 Å². The summed E-state index contributed by atoms with van der Waals surface area (Å²) in [6.07, 6.45) is 0. The average Bonchev–Trinajstić information content (AvgIpc) is 2.32. The number of rotatable bonds is 2. The van der Waals surface area contributed by atoms with Gasteiger partial charge >= 0.3 is 0 Å². The van der Waals surface area contributed by atoms with Crippen molar-refractivity contribution < 1.29 is 4.39 Å². The molecule has 4 heteroatoms. The molecule has 1 atom stereocenters. The fraction of sp³-hybridized carbons (Fsp3) is 0.538. The van der Waals surface area contributed by atoms with Crippen LogP contribution in [0.5, 0.6) is 0 Å². The standard InChI is InChI=1S/C13H20FN3/c1-10-9-17(7-6-16(10)2)13-11(8-15)4-3-5-12(13)14/h3-5,10H,6-9,15H2,1-2H3. The summed E-state index contributed by atoms with van der Waals surface area (Å²) >= 11 is 0. The molecular weight excluding hydrogens is 217 g/mol. The first kappa shape index (κ1) is 12.3. The van der Waals surface area contributed by atoms with Gasteiger partial charge in [-0.25, -0.2) is 4.39 Å². The zero-order valence-electron chi connectivity index (χ0n) is 10.5. The number of halogens is 1. The number of piperazine rings is 1. The second-order valence-corrected chi connectivity index (χ2v) is 4.73. The van der Waals surface area contributed by atoms with Crippen molar-refractivity contribution in [2.75, 3.05) is 31.6 Å². The predicted molar refractivity (Wildman–Crippen MR) is 68.6 cm³/mol. The average molecular weight is 237 g/mol. The molecule has 17 heavy (non-hydrogen) atoms. The Morgan fingerprint density at radius 1 is 1.41 bits per heavy atom. The van der Waals surface area contributed by atoms with E-state index >= 15 is 0 Å². The van der Waals surface area contributed by atoms with Gasteiger partial charge in [-0.1, -0.05) is 12.1 Å². The van der Waals surface area contributed by atoms with Gasteiger partial charge in [0.1, 0.15) is 5.82 Å². The van der Waals surface area contributed by atoms with Crippen molar-refractivity contribution in [1.29, 1.82) is 0 Å². The Labute approximate surface area is 102 Å². The van der Waals surface area contributed by atoms with Gasteiger partial charge in [-0.15, -0.1) is 0 Å². The summed E-state index contributed by atoms with van der Waals surface area (Å²) in [5, 5.41) is 0. The van der Waals surface area contributed by atoms with Crippen molar-refractivity contribution in [2.24, 2.45) is 5.73 Å². The lowest BCUT2D eigenvalue weighted by molar-refractivity contribution is 0.233. The summed E-state index contributed by atoms with van der Waals surface area (Å²) in [6.45, 7) is 5.21. The van der Waals surface area contributed by atoms with Gasteiger partial charge in [0, 0.05) is 32.2 Å². The van der Waals surface area contributed by atoms with Crippen LogP contribution in [0.25, 0.3) is 0 Å². The molecule has 1 unspecified atom stereocenters. The molecule has 0 aliphatic carbocycles. The monoisotopic (exact) mass is 237 g/mol. The van der Waals surface area contributed by atoms with Gasteiger partial charge in [0.05, 0.1) is 5.69 Å². The maximum absolute atomic E-state index is 13.9. The Morgan fingerprint density at radius 3 is 2.82 bits per heavy atom. The van der Waals surface area contributed by atoms with Gasteiger partial charge in [0.15, 0.2) is 0 Å². The zero-order valence-corrected chi connectivity index (χ0v) is 10.5. The van der Waals surface area contributed by atoms with E-state index in [1.807, 2.05) is 6.07 Å². The van der Waals surface area contributed by atoms with E-state index in [0.717, 1.165) is 25.2 Å². The Balaban J connectivity index is 2.28. The smallest absolute Gasteiger partial charge is 0.146 e. The van der Waals surface area contributed by atoms with Crippen molar-refractivity contribution in [3.05, 3.63) is 29.6 Å². The molecule has 0 amide bonds. The van der Waals surface area contributed by atoms with Crippen molar-refractivity contribution in [1.82, 2.24) is 4.90 Å². The first-order valence-corrected chi connectivity index (χ1v) is 6.06. The molecule has 1 heterocycles. The van der Waals surface area contributed by atoms with Gasteiger partial charge in [-0.3, -0.25) is 0 Å². The van der Waals surface area contributed by atoms with Crippen LogP contribution in [0, 0.1) is 5.82 Å². The topological polar surface area (TPSA) is 32.5 Å². The lowest BCUT2D eigenvalue weighted by Gasteiger charge is -2.39. The first-order chi connectivity index (χ1) is 8.13. The van der Waals surface area contributed by atoms with Gasteiger partial charge < -0.3 is 15.5 Å². The third-order valence-electron chi connectivity index (χ3n) is 3.57. The summed E-state index contributed by atoms with van der Waals surface area (Å²) in [4.78, 5) is 4.40. The van der Waals surface area contributed by atoms with E-state index in [1.165, 1.54) is 6.07 Å². The van der Waals surface area contributed by atoms with E-state index in [4.69, 9.17) is 5.73 Å². The van der Waals surface area contributed by atoms with E-state index in [2.05, 4.69) is 23.8 Å². The molecule has 1 saturated heterocycles. The van der Waals surface area contributed by atoms with Gasteiger partial charge in [0.25, 0.3) is 0 Å². The van der Waals surface area contributed by atoms with Crippen LogP contribution >= 0.6 is 0 Å². The summed E-state index contributed by atoms with van der Waals surface area (Å²) < 4.78 is 13.9. The number of nitrogens with zero attached hydrogens (tertiary/aromatic N) is 2. The molecule has 0 spiro atoms. The normalized spacial score (nSPS) is 21.9. The zero-order chi connectivity index (χ0) is 12.4. The van der Waals surface area contributed by atoms with Crippen LogP contribution < -0.4 is 10.6 Å². The van der Waals surface area contributed by atoms with Crippen molar-refractivity contribution >= 4 is 5.69 Å². The summed E-state index contributed by atoms with van der Waals surface area (Å²) in [7, 11) is 2.10. The first-order valence-electron chi connectivity index (χ1n) is 6.06. The number of anilines is 1. The van der Waals surface area contributed by atoms with Gasteiger partial charge in [0.2, 0.25) is 0 Å². The Morgan fingerprint density at radius 2 is 2.18 bits per heavy atom.